The lowest BCUT2D eigenvalue weighted by atomic mass is 9.93. The minimum atomic E-state index is -0.250. The van der Waals surface area contributed by atoms with Crippen LogP contribution in [0.15, 0.2) is 4.52 Å². The molecule has 0 bridgehead atoms. The molecule has 102 valence electrons. The summed E-state index contributed by atoms with van der Waals surface area (Å²) in [7, 11) is 1.61. The zero-order valence-corrected chi connectivity index (χ0v) is 11.0. The monoisotopic (exact) mass is 255 g/mol. The Morgan fingerprint density at radius 1 is 1.61 bits per heavy atom. The number of ether oxygens (including phenoxy) is 1. The normalized spacial score (nSPS) is 23.2. The molecule has 1 aliphatic rings. The lowest BCUT2D eigenvalue weighted by Crippen LogP contribution is -2.39. The Bertz CT molecular complexity index is 367. The zero-order chi connectivity index (χ0) is 13.0. The Hall–Kier alpha value is -0.980. The van der Waals surface area contributed by atoms with E-state index < -0.39 is 0 Å². The van der Waals surface area contributed by atoms with Crippen LogP contribution in [0.3, 0.4) is 0 Å². The summed E-state index contributed by atoms with van der Waals surface area (Å²) in [6.07, 6.45) is 1.95. The van der Waals surface area contributed by atoms with Crippen LogP contribution in [-0.2, 0) is 17.9 Å². The molecule has 0 amide bonds. The van der Waals surface area contributed by atoms with Crippen molar-refractivity contribution in [3.05, 3.63) is 11.7 Å². The van der Waals surface area contributed by atoms with Gasteiger partial charge in [-0.2, -0.15) is 4.98 Å². The van der Waals surface area contributed by atoms with E-state index in [1.54, 1.807) is 7.11 Å². The molecule has 0 spiro atoms. The van der Waals surface area contributed by atoms with Crippen molar-refractivity contribution in [2.75, 3.05) is 20.2 Å². The molecular formula is C12H21N3O3. The minimum absolute atomic E-state index is 0.250. The van der Waals surface area contributed by atoms with Crippen molar-refractivity contribution in [3.63, 3.8) is 0 Å². The Kier molecular flexibility index (Phi) is 4.68. The van der Waals surface area contributed by atoms with Crippen LogP contribution in [0, 0.1) is 5.92 Å². The van der Waals surface area contributed by atoms with Crippen LogP contribution >= 0.6 is 0 Å². The summed E-state index contributed by atoms with van der Waals surface area (Å²) >= 11 is 0. The predicted molar refractivity (Wildman–Crippen MR) is 64.7 cm³/mol. The molecule has 0 aliphatic carbocycles. The van der Waals surface area contributed by atoms with E-state index in [1.807, 2.05) is 6.92 Å². The molecule has 1 saturated heterocycles. The zero-order valence-electron chi connectivity index (χ0n) is 11.0. The first-order valence-corrected chi connectivity index (χ1v) is 6.40. The van der Waals surface area contributed by atoms with Crippen LogP contribution in [0.25, 0.3) is 0 Å². The molecule has 1 N–H and O–H groups in total. The topological polar surface area (TPSA) is 71.6 Å². The van der Waals surface area contributed by atoms with E-state index in [9.17, 15) is 5.11 Å². The van der Waals surface area contributed by atoms with Crippen molar-refractivity contribution in [2.24, 2.45) is 5.92 Å². The lowest BCUT2D eigenvalue weighted by molar-refractivity contribution is 0.0556. The second kappa shape index (κ2) is 6.26. The molecule has 1 aromatic heterocycles. The Morgan fingerprint density at radius 3 is 3.17 bits per heavy atom. The number of likely N-dealkylation sites (tertiary alicyclic amines) is 1. The number of hydrogen-bond acceptors (Lipinski definition) is 6. The number of aliphatic hydroxyl groups is 1. The van der Waals surface area contributed by atoms with Crippen LogP contribution in [0.5, 0.6) is 0 Å². The van der Waals surface area contributed by atoms with Gasteiger partial charge in [-0.05, 0) is 32.2 Å². The average molecular weight is 255 g/mol. The Balaban J connectivity index is 1.87. The molecular weight excluding hydrogens is 234 g/mol. The molecule has 0 aromatic carbocycles. The second-order valence-electron chi connectivity index (χ2n) is 4.92. The Labute approximate surface area is 107 Å². The summed E-state index contributed by atoms with van der Waals surface area (Å²) in [4.78, 5) is 6.51. The molecule has 0 radical (unpaired) electrons. The minimum Gasteiger partial charge on any atom is -0.393 e. The molecule has 1 fully saturated rings. The number of piperidine rings is 1. The average Bonchev–Trinajstić information content (AvgIpc) is 2.77. The van der Waals surface area contributed by atoms with Crippen LogP contribution in [0.1, 0.15) is 31.5 Å². The van der Waals surface area contributed by atoms with Gasteiger partial charge in [-0.25, -0.2) is 0 Å². The van der Waals surface area contributed by atoms with Gasteiger partial charge < -0.3 is 14.4 Å². The molecule has 6 heteroatoms. The smallest absolute Gasteiger partial charge is 0.240 e. The van der Waals surface area contributed by atoms with Gasteiger partial charge in [0.2, 0.25) is 5.89 Å². The molecule has 1 aromatic rings. The van der Waals surface area contributed by atoms with Gasteiger partial charge in [0.25, 0.3) is 0 Å². The van der Waals surface area contributed by atoms with Crippen LogP contribution in [0.4, 0.5) is 0 Å². The van der Waals surface area contributed by atoms with Crippen molar-refractivity contribution < 1.29 is 14.4 Å². The number of nitrogens with zero attached hydrogens (tertiary/aromatic N) is 3. The molecule has 2 atom stereocenters. The van der Waals surface area contributed by atoms with Gasteiger partial charge in [-0.3, -0.25) is 4.90 Å². The molecule has 18 heavy (non-hydrogen) atoms. The predicted octanol–water partition coefficient (Wildman–Crippen LogP) is 0.809. The summed E-state index contributed by atoms with van der Waals surface area (Å²) < 4.78 is 10.1. The maximum Gasteiger partial charge on any atom is 0.240 e. The van der Waals surface area contributed by atoms with Crippen LogP contribution in [0.2, 0.25) is 0 Å². The fraction of sp³-hybridized carbons (Fsp3) is 0.833. The molecule has 1 aliphatic heterocycles. The van der Waals surface area contributed by atoms with E-state index in [0.29, 0.717) is 30.8 Å². The number of aromatic nitrogens is 2. The van der Waals surface area contributed by atoms with Gasteiger partial charge in [0.1, 0.15) is 6.61 Å². The van der Waals surface area contributed by atoms with E-state index in [2.05, 4.69) is 15.0 Å². The SMILES string of the molecule is COCc1noc(CN2CCCC(C(C)O)C2)n1. The van der Waals surface area contributed by atoms with Crippen molar-refractivity contribution in [3.8, 4) is 0 Å². The summed E-state index contributed by atoms with van der Waals surface area (Å²) in [6.45, 7) is 4.79. The molecule has 0 saturated carbocycles. The van der Waals surface area contributed by atoms with Gasteiger partial charge in [-0.15, -0.1) is 0 Å². The number of rotatable bonds is 5. The van der Waals surface area contributed by atoms with Crippen molar-refractivity contribution in [1.82, 2.24) is 15.0 Å². The molecule has 6 nitrogen and oxygen atoms in total. The quantitative estimate of drug-likeness (QED) is 0.839. The summed E-state index contributed by atoms with van der Waals surface area (Å²) in [5.74, 6) is 1.55. The molecule has 2 heterocycles. The number of methoxy groups -OCH3 is 1. The molecule has 2 unspecified atom stereocenters. The third-order valence-corrected chi connectivity index (χ3v) is 3.37. The van der Waals surface area contributed by atoms with Crippen molar-refractivity contribution in [1.29, 1.82) is 0 Å². The van der Waals surface area contributed by atoms with Gasteiger partial charge in [0.15, 0.2) is 5.82 Å². The standard InChI is InChI=1S/C12H21N3O3/c1-9(16)10-4-3-5-15(6-10)7-12-13-11(8-17-2)14-18-12/h9-10,16H,3-8H2,1-2H3. The van der Waals surface area contributed by atoms with E-state index in [-0.39, 0.29) is 6.10 Å². The fourth-order valence-electron chi connectivity index (χ4n) is 2.36. The highest BCUT2D eigenvalue weighted by Crippen LogP contribution is 2.20. The summed E-state index contributed by atoms with van der Waals surface area (Å²) in [6, 6.07) is 0. The van der Waals surface area contributed by atoms with Crippen molar-refractivity contribution in [2.45, 2.75) is 39.0 Å². The van der Waals surface area contributed by atoms with Crippen LogP contribution < -0.4 is 0 Å². The van der Waals surface area contributed by atoms with E-state index in [0.717, 1.165) is 25.9 Å². The first kappa shape index (κ1) is 13.5. The van der Waals surface area contributed by atoms with E-state index in [1.165, 1.54) is 0 Å². The third kappa shape index (κ3) is 3.51. The fourth-order valence-corrected chi connectivity index (χ4v) is 2.36. The molecule has 2 rings (SSSR count). The number of hydrogen-bond donors (Lipinski definition) is 1. The van der Waals surface area contributed by atoms with Gasteiger partial charge in [0.05, 0.1) is 12.6 Å². The Morgan fingerprint density at radius 2 is 2.44 bits per heavy atom. The largest absolute Gasteiger partial charge is 0.393 e. The summed E-state index contributed by atoms with van der Waals surface area (Å²) in [5, 5.41) is 13.5. The first-order chi connectivity index (χ1) is 8.69. The van der Waals surface area contributed by atoms with Gasteiger partial charge >= 0.3 is 0 Å². The highest BCUT2D eigenvalue weighted by molar-refractivity contribution is 4.86. The first-order valence-electron chi connectivity index (χ1n) is 6.40. The second-order valence-corrected chi connectivity index (χ2v) is 4.92. The van der Waals surface area contributed by atoms with Crippen LogP contribution in [-0.4, -0.2) is 46.5 Å². The number of aliphatic hydroxyl groups excluding tert-OH is 1. The van der Waals surface area contributed by atoms with Crippen molar-refractivity contribution >= 4 is 0 Å². The maximum absolute atomic E-state index is 9.64. The van der Waals surface area contributed by atoms with E-state index >= 15 is 0 Å². The van der Waals surface area contributed by atoms with Gasteiger partial charge in [0, 0.05) is 13.7 Å². The highest BCUT2D eigenvalue weighted by Gasteiger charge is 2.24. The maximum atomic E-state index is 9.64. The lowest BCUT2D eigenvalue weighted by Gasteiger charge is -2.33. The summed E-state index contributed by atoms with van der Waals surface area (Å²) in [5.41, 5.74) is 0. The van der Waals surface area contributed by atoms with E-state index in [4.69, 9.17) is 9.26 Å². The third-order valence-electron chi connectivity index (χ3n) is 3.37. The highest BCUT2D eigenvalue weighted by atomic mass is 16.5. The van der Waals surface area contributed by atoms with Gasteiger partial charge in [-0.1, -0.05) is 5.16 Å².